The molecule has 2 rings (SSSR count). The van der Waals surface area contributed by atoms with Crippen LogP contribution in [-0.2, 0) is 14.8 Å². The molecule has 21 heavy (non-hydrogen) atoms. The van der Waals surface area contributed by atoms with Gasteiger partial charge in [-0.2, -0.15) is 0 Å². The molecule has 0 saturated carbocycles. The second kappa shape index (κ2) is 5.77. The molecular weight excluding hydrogens is 304 g/mol. The number of hydrogen-bond acceptors (Lipinski definition) is 4. The van der Waals surface area contributed by atoms with E-state index in [4.69, 9.17) is 0 Å². The van der Waals surface area contributed by atoms with Crippen molar-refractivity contribution >= 4 is 15.9 Å². The van der Waals surface area contributed by atoms with Crippen LogP contribution >= 0.6 is 0 Å². The highest BCUT2D eigenvalue weighted by Crippen LogP contribution is 2.27. The van der Waals surface area contributed by atoms with Gasteiger partial charge in [-0.15, -0.1) is 0 Å². The molecule has 2 fully saturated rings. The number of halogens is 2. The summed E-state index contributed by atoms with van der Waals surface area (Å²) in [6, 6.07) is -0.966. The van der Waals surface area contributed by atoms with Crippen LogP contribution in [0, 0.1) is 0 Å². The van der Waals surface area contributed by atoms with Crippen LogP contribution in [0.2, 0.25) is 0 Å². The molecule has 1 N–H and O–H groups in total. The lowest BCUT2D eigenvalue weighted by molar-refractivity contribution is -0.135. The van der Waals surface area contributed by atoms with E-state index >= 15 is 0 Å². The van der Waals surface area contributed by atoms with Crippen molar-refractivity contribution in [2.45, 2.75) is 37.3 Å². The van der Waals surface area contributed by atoms with Crippen molar-refractivity contribution in [1.82, 2.24) is 14.5 Å². The molecule has 0 aromatic carbocycles. The maximum atomic E-state index is 13.1. The van der Waals surface area contributed by atoms with E-state index in [0.29, 0.717) is 25.9 Å². The summed E-state index contributed by atoms with van der Waals surface area (Å²) < 4.78 is 50.5. The minimum Gasteiger partial charge on any atom is -0.341 e. The summed E-state index contributed by atoms with van der Waals surface area (Å²) in [6.07, 6.45) is 1.74. The minimum absolute atomic E-state index is 0.137. The van der Waals surface area contributed by atoms with Crippen LogP contribution in [0.4, 0.5) is 8.78 Å². The number of amides is 1. The number of sulfonamides is 1. The monoisotopic (exact) mass is 325 g/mol. The first-order valence-corrected chi connectivity index (χ1v) is 8.78. The van der Waals surface area contributed by atoms with Crippen LogP contribution in [0.25, 0.3) is 0 Å². The van der Waals surface area contributed by atoms with E-state index in [9.17, 15) is 22.0 Å². The van der Waals surface area contributed by atoms with E-state index in [1.165, 1.54) is 11.4 Å². The van der Waals surface area contributed by atoms with E-state index in [1.807, 2.05) is 0 Å². The third-order valence-electron chi connectivity index (χ3n) is 4.22. The number of piperidine rings is 1. The van der Waals surface area contributed by atoms with Gasteiger partial charge in [-0.05, 0) is 12.8 Å². The summed E-state index contributed by atoms with van der Waals surface area (Å²) >= 11 is 0. The number of alkyl halides is 2. The van der Waals surface area contributed by atoms with Gasteiger partial charge >= 0.3 is 0 Å². The first-order chi connectivity index (χ1) is 9.60. The van der Waals surface area contributed by atoms with E-state index in [1.54, 1.807) is 4.90 Å². The number of nitrogens with zero attached hydrogens (tertiary/aromatic N) is 2. The van der Waals surface area contributed by atoms with Crippen molar-refractivity contribution in [3.05, 3.63) is 0 Å². The Morgan fingerprint density at radius 3 is 2.33 bits per heavy atom. The number of carbonyl (C=O) groups excluding carboxylic acids is 1. The average Bonchev–Trinajstić information content (AvgIpc) is 2.76. The molecule has 0 radical (unpaired) electrons. The minimum atomic E-state index is -3.25. The summed E-state index contributed by atoms with van der Waals surface area (Å²) in [6.45, 7) is 0.330. The maximum absolute atomic E-state index is 13.1. The maximum Gasteiger partial charge on any atom is 0.262 e. The van der Waals surface area contributed by atoms with Crippen LogP contribution < -0.4 is 5.32 Å². The highest BCUT2D eigenvalue weighted by atomic mass is 32.2. The predicted molar refractivity (Wildman–Crippen MR) is 73.6 cm³/mol. The molecule has 0 aliphatic carbocycles. The second-order valence-corrected chi connectivity index (χ2v) is 7.87. The number of carbonyl (C=O) groups is 1. The Labute approximate surface area is 123 Å². The average molecular weight is 325 g/mol. The Hall–Kier alpha value is -0.800. The Balaban J connectivity index is 1.88. The van der Waals surface area contributed by atoms with E-state index in [0.717, 1.165) is 6.26 Å². The fraction of sp³-hybridized carbons (Fsp3) is 0.917. The number of hydrogen-bond donors (Lipinski definition) is 1. The zero-order chi connectivity index (χ0) is 15.8. The molecule has 0 spiro atoms. The van der Waals surface area contributed by atoms with Gasteiger partial charge in [-0.3, -0.25) is 10.1 Å². The molecule has 1 unspecified atom stereocenters. The van der Waals surface area contributed by atoms with Gasteiger partial charge in [-0.25, -0.2) is 21.5 Å². The van der Waals surface area contributed by atoms with Gasteiger partial charge in [0.25, 0.3) is 5.92 Å². The highest BCUT2D eigenvalue weighted by Gasteiger charge is 2.44. The predicted octanol–water partition coefficient (Wildman–Crippen LogP) is -0.134. The summed E-state index contributed by atoms with van der Waals surface area (Å²) in [5.41, 5.74) is 0. The molecule has 2 aliphatic heterocycles. The van der Waals surface area contributed by atoms with Gasteiger partial charge in [0.2, 0.25) is 15.9 Å². The number of rotatable bonds is 3. The first-order valence-electron chi connectivity index (χ1n) is 6.93. The molecule has 9 heteroatoms. The Kier molecular flexibility index (Phi) is 4.55. The molecule has 2 aliphatic rings. The van der Waals surface area contributed by atoms with Gasteiger partial charge in [0, 0.05) is 32.6 Å². The van der Waals surface area contributed by atoms with Crippen molar-refractivity contribution in [3.8, 4) is 0 Å². The van der Waals surface area contributed by atoms with Gasteiger partial charge in [0.1, 0.15) is 0 Å². The normalized spacial score (nSPS) is 27.3. The zero-order valence-corrected chi connectivity index (χ0v) is 13.0. The molecule has 0 aromatic heterocycles. The van der Waals surface area contributed by atoms with Crippen molar-refractivity contribution in [2.24, 2.45) is 0 Å². The summed E-state index contributed by atoms with van der Waals surface area (Å²) in [5, 5.41) is 2.55. The smallest absolute Gasteiger partial charge is 0.262 e. The molecular formula is C12H21F2N3O3S. The Morgan fingerprint density at radius 1 is 1.33 bits per heavy atom. The van der Waals surface area contributed by atoms with E-state index < -0.39 is 35.0 Å². The first kappa shape index (κ1) is 16.6. The molecule has 0 bridgehead atoms. The largest absolute Gasteiger partial charge is 0.341 e. The lowest BCUT2D eigenvalue weighted by Gasteiger charge is -2.36. The molecule has 0 aromatic rings. The van der Waals surface area contributed by atoms with Gasteiger partial charge in [-0.1, -0.05) is 0 Å². The molecule has 2 saturated heterocycles. The fourth-order valence-electron chi connectivity index (χ4n) is 2.83. The summed E-state index contributed by atoms with van der Waals surface area (Å²) in [7, 11) is -1.73. The summed E-state index contributed by atoms with van der Waals surface area (Å²) in [5.74, 6) is -3.14. The molecule has 2 heterocycles. The Morgan fingerprint density at radius 2 is 1.90 bits per heavy atom. The standard InChI is InChI=1S/C12H21F2N3O3S/c1-16(21(2,19)20)9-3-5-17(6-4-9)11(18)10-7-12(13,14)8-15-10/h9-10,15H,3-8H2,1-2H3. The second-order valence-electron chi connectivity index (χ2n) is 5.83. The summed E-state index contributed by atoms with van der Waals surface area (Å²) in [4.78, 5) is 13.7. The molecule has 1 atom stereocenters. The van der Waals surface area contributed by atoms with Crippen LogP contribution in [-0.4, -0.2) is 74.5 Å². The number of likely N-dealkylation sites (tertiary alicyclic amines) is 1. The third kappa shape index (κ3) is 3.89. The van der Waals surface area contributed by atoms with Gasteiger partial charge in [0.15, 0.2) is 0 Å². The van der Waals surface area contributed by atoms with Crippen molar-refractivity contribution in [3.63, 3.8) is 0 Å². The highest BCUT2D eigenvalue weighted by molar-refractivity contribution is 7.88. The van der Waals surface area contributed by atoms with Crippen molar-refractivity contribution < 1.29 is 22.0 Å². The third-order valence-corrected chi connectivity index (χ3v) is 5.57. The van der Waals surface area contributed by atoms with Gasteiger partial charge in [0.05, 0.1) is 18.8 Å². The van der Waals surface area contributed by atoms with Crippen LogP contribution in [0.1, 0.15) is 19.3 Å². The Bertz CT molecular complexity index is 504. The van der Waals surface area contributed by atoms with Crippen molar-refractivity contribution in [2.75, 3.05) is 32.9 Å². The van der Waals surface area contributed by atoms with Gasteiger partial charge < -0.3 is 4.90 Å². The quantitative estimate of drug-likeness (QED) is 0.784. The lowest BCUT2D eigenvalue weighted by Crippen LogP contribution is -2.51. The van der Waals surface area contributed by atoms with E-state index in [2.05, 4.69) is 5.32 Å². The zero-order valence-electron chi connectivity index (χ0n) is 12.2. The van der Waals surface area contributed by atoms with Crippen molar-refractivity contribution in [1.29, 1.82) is 0 Å². The SMILES string of the molecule is CN(C1CCN(C(=O)C2CC(F)(F)CN2)CC1)S(C)(=O)=O. The van der Waals surface area contributed by atoms with Crippen LogP contribution in [0.3, 0.4) is 0 Å². The van der Waals surface area contributed by atoms with Crippen LogP contribution in [0.15, 0.2) is 0 Å². The molecule has 122 valence electrons. The van der Waals surface area contributed by atoms with E-state index in [-0.39, 0.29) is 11.9 Å². The molecule has 1 amide bonds. The number of nitrogens with one attached hydrogen (secondary N) is 1. The molecule has 6 nitrogen and oxygen atoms in total. The topological polar surface area (TPSA) is 69.7 Å². The van der Waals surface area contributed by atoms with Crippen LogP contribution in [0.5, 0.6) is 0 Å². The fourth-order valence-corrected chi connectivity index (χ4v) is 3.58. The lowest BCUT2D eigenvalue weighted by atomic mass is 10.0.